The second-order valence-electron chi connectivity index (χ2n) is 6.01. The number of ether oxygens (including phenoxy) is 3. The van der Waals surface area contributed by atoms with Crippen LogP contribution in [0.1, 0.15) is 34.1 Å². The van der Waals surface area contributed by atoms with Gasteiger partial charge in [0, 0.05) is 20.8 Å². The van der Waals surface area contributed by atoms with Crippen LogP contribution in [0.15, 0.2) is 0 Å². The Morgan fingerprint density at radius 2 is 1.32 bits per heavy atom. The molecule has 0 saturated carbocycles. The molecule has 0 aromatic rings. The summed E-state index contributed by atoms with van der Waals surface area (Å²) in [7, 11) is 0. The summed E-state index contributed by atoms with van der Waals surface area (Å²) in [5, 5.41) is 48.3. The fourth-order valence-electron chi connectivity index (χ4n) is 2.39. The van der Waals surface area contributed by atoms with Crippen LogP contribution in [-0.4, -0.2) is 86.2 Å². The number of esters is 3. The van der Waals surface area contributed by atoms with Gasteiger partial charge in [0.1, 0.15) is 18.6 Å². The molecule has 0 bridgehead atoms. The van der Waals surface area contributed by atoms with E-state index in [4.69, 9.17) is 9.47 Å². The number of ketones is 1. The molecule has 5 N–H and O–H groups in total. The van der Waals surface area contributed by atoms with Gasteiger partial charge in [-0.3, -0.25) is 19.2 Å². The third-order valence-corrected chi connectivity index (χ3v) is 3.59. The lowest BCUT2D eigenvalue weighted by Crippen LogP contribution is -2.56. The zero-order valence-corrected chi connectivity index (χ0v) is 15.9. The summed E-state index contributed by atoms with van der Waals surface area (Å²) >= 11 is 0. The van der Waals surface area contributed by atoms with E-state index in [-0.39, 0.29) is 6.42 Å². The predicted molar refractivity (Wildman–Crippen MR) is 87.9 cm³/mol. The number of rotatable bonds is 11. The van der Waals surface area contributed by atoms with Crippen LogP contribution in [0.4, 0.5) is 0 Å². The molecule has 28 heavy (non-hydrogen) atoms. The molecule has 0 aliphatic carbocycles. The summed E-state index contributed by atoms with van der Waals surface area (Å²) in [5.41, 5.74) is 0. The van der Waals surface area contributed by atoms with E-state index in [1.165, 1.54) is 6.92 Å². The summed E-state index contributed by atoms with van der Waals surface area (Å²) in [4.78, 5) is 46.1. The molecule has 0 radical (unpaired) electrons. The Morgan fingerprint density at radius 1 is 0.857 bits per heavy atom. The second kappa shape index (κ2) is 11.0. The third-order valence-electron chi connectivity index (χ3n) is 3.59. The summed E-state index contributed by atoms with van der Waals surface area (Å²) in [6.07, 6.45) is -8.35. The standard InChI is InChI=1S/C16H26O12/c1-5-10(16(23,24)25)12(21)13(22)15(28-9(4)19)14(27-8(3)18)11(20)6-26-7(2)17/h10-11,13-15,20,22-25H,5-6H2,1-4H3/t10?,11-,13+,14-,15-/m1/s1. The molecule has 5 atom stereocenters. The number of hydrogen-bond acceptors (Lipinski definition) is 12. The number of carbonyl (C=O) groups excluding carboxylic acids is 4. The lowest BCUT2D eigenvalue weighted by Gasteiger charge is -2.34. The van der Waals surface area contributed by atoms with Crippen LogP contribution in [0.25, 0.3) is 0 Å². The van der Waals surface area contributed by atoms with Crippen molar-refractivity contribution < 1.29 is 58.9 Å². The highest BCUT2D eigenvalue weighted by Gasteiger charge is 2.47. The molecule has 0 spiro atoms. The van der Waals surface area contributed by atoms with Crippen molar-refractivity contribution in [2.24, 2.45) is 5.92 Å². The maximum absolute atomic E-state index is 12.4. The predicted octanol–water partition coefficient (Wildman–Crippen LogP) is -2.64. The van der Waals surface area contributed by atoms with Crippen LogP contribution in [0.2, 0.25) is 0 Å². The first-order valence-corrected chi connectivity index (χ1v) is 8.27. The van der Waals surface area contributed by atoms with Gasteiger partial charge in [-0.05, 0) is 6.42 Å². The van der Waals surface area contributed by atoms with Gasteiger partial charge in [0.05, 0.1) is 0 Å². The lowest BCUT2D eigenvalue weighted by molar-refractivity contribution is -0.336. The Balaban J connectivity index is 5.87. The topological polar surface area (TPSA) is 197 Å². The molecule has 0 fully saturated rings. The van der Waals surface area contributed by atoms with Gasteiger partial charge in [0.15, 0.2) is 24.1 Å². The normalized spacial score (nSPS) is 16.9. The van der Waals surface area contributed by atoms with Crippen LogP contribution in [-0.2, 0) is 33.4 Å². The highest BCUT2D eigenvalue weighted by molar-refractivity contribution is 5.87. The Kier molecular flexibility index (Phi) is 10.2. The molecule has 12 nitrogen and oxygen atoms in total. The number of aliphatic hydroxyl groups is 5. The molecule has 0 aliphatic rings. The van der Waals surface area contributed by atoms with Crippen molar-refractivity contribution in [2.75, 3.05) is 6.61 Å². The molecule has 0 amide bonds. The SMILES string of the molecule is CCC(C(=O)[C@H](O)[C@@H](OC(C)=O)[C@H](OC(C)=O)[C@H](O)COC(C)=O)C(O)(O)O. The van der Waals surface area contributed by atoms with Gasteiger partial charge in [-0.15, -0.1) is 0 Å². The van der Waals surface area contributed by atoms with E-state index in [0.717, 1.165) is 20.8 Å². The number of aliphatic hydroxyl groups excluding tert-OH is 2. The zero-order chi connectivity index (χ0) is 22.2. The maximum atomic E-state index is 12.4. The highest BCUT2D eigenvalue weighted by Crippen LogP contribution is 2.23. The number of carbonyl (C=O) groups is 4. The van der Waals surface area contributed by atoms with Crippen LogP contribution >= 0.6 is 0 Å². The Morgan fingerprint density at radius 3 is 1.68 bits per heavy atom. The monoisotopic (exact) mass is 410 g/mol. The number of Topliss-reactive ketones (excluding diaryl/α,β-unsaturated/α-hetero) is 1. The maximum Gasteiger partial charge on any atom is 0.303 e. The van der Waals surface area contributed by atoms with Crippen LogP contribution in [0, 0.1) is 5.92 Å². The number of hydrogen-bond donors (Lipinski definition) is 5. The van der Waals surface area contributed by atoms with E-state index in [9.17, 15) is 44.7 Å². The second-order valence-corrected chi connectivity index (χ2v) is 6.01. The molecular formula is C16H26O12. The van der Waals surface area contributed by atoms with Crippen molar-refractivity contribution in [3.05, 3.63) is 0 Å². The quantitative estimate of drug-likeness (QED) is 0.135. The van der Waals surface area contributed by atoms with Crippen molar-refractivity contribution in [1.29, 1.82) is 0 Å². The van der Waals surface area contributed by atoms with Gasteiger partial charge in [0.2, 0.25) is 0 Å². The highest BCUT2D eigenvalue weighted by atomic mass is 16.7. The van der Waals surface area contributed by atoms with Gasteiger partial charge < -0.3 is 39.7 Å². The molecule has 0 aromatic carbocycles. The van der Waals surface area contributed by atoms with Gasteiger partial charge >= 0.3 is 17.9 Å². The van der Waals surface area contributed by atoms with Gasteiger partial charge in [0.25, 0.3) is 5.97 Å². The van der Waals surface area contributed by atoms with Crippen LogP contribution in [0.5, 0.6) is 0 Å². The lowest BCUT2D eigenvalue weighted by atomic mass is 9.89. The minimum Gasteiger partial charge on any atom is -0.463 e. The summed E-state index contributed by atoms with van der Waals surface area (Å²) < 4.78 is 14.2. The van der Waals surface area contributed by atoms with Crippen molar-refractivity contribution in [3.8, 4) is 0 Å². The fraction of sp³-hybridized carbons (Fsp3) is 0.750. The zero-order valence-electron chi connectivity index (χ0n) is 15.9. The van der Waals surface area contributed by atoms with Crippen molar-refractivity contribution in [3.63, 3.8) is 0 Å². The van der Waals surface area contributed by atoms with Crippen LogP contribution in [0.3, 0.4) is 0 Å². The van der Waals surface area contributed by atoms with Crippen LogP contribution < -0.4 is 0 Å². The summed E-state index contributed by atoms with van der Waals surface area (Å²) in [6, 6.07) is 0. The molecule has 12 heteroatoms. The largest absolute Gasteiger partial charge is 0.463 e. The summed E-state index contributed by atoms with van der Waals surface area (Å²) in [6.45, 7) is 3.43. The Labute approximate surface area is 160 Å². The molecule has 0 aliphatic heterocycles. The van der Waals surface area contributed by atoms with E-state index in [1.807, 2.05) is 0 Å². The van der Waals surface area contributed by atoms with Gasteiger partial charge in [-0.2, -0.15) is 0 Å². The van der Waals surface area contributed by atoms with E-state index >= 15 is 0 Å². The first kappa shape index (κ1) is 25.9. The van der Waals surface area contributed by atoms with E-state index in [0.29, 0.717) is 0 Å². The average Bonchev–Trinajstić information content (AvgIpc) is 2.53. The van der Waals surface area contributed by atoms with Gasteiger partial charge in [-0.1, -0.05) is 6.92 Å². The molecule has 162 valence electrons. The first-order chi connectivity index (χ1) is 12.7. The smallest absolute Gasteiger partial charge is 0.303 e. The van der Waals surface area contributed by atoms with Crippen molar-refractivity contribution >= 4 is 23.7 Å². The molecule has 0 heterocycles. The molecule has 0 aromatic heterocycles. The van der Waals surface area contributed by atoms with Crippen molar-refractivity contribution in [1.82, 2.24) is 0 Å². The first-order valence-electron chi connectivity index (χ1n) is 8.27. The van der Waals surface area contributed by atoms with Crippen molar-refractivity contribution in [2.45, 2.75) is 64.5 Å². The van der Waals surface area contributed by atoms with E-state index in [1.54, 1.807) is 0 Å². The molecule has 0 saturated heterocycles. The molecule has 1 unspecified atom stereocenters. The van der Waals surface area contributed by atoms with E-state index in [2.05, 4.69) is 4.74 Å². The minimum absolute atomic E-state index is 0.333. The summed E-state index contributed by atoms with van der Waals surface area (Å²) in [5.74, 6) is -9.58. The third kappa shape index (κ3) is 8.27. The molecular weight excluding hydrogens is 384 g/mol. The Hall–Kier alpha value is -2.12. The molecule has 0 rings (SSSR count). The average molecular weight is 410 g/mol. The minimum atomic E-state index is -3.49. The Bertz CT molecular complexity index is 566. The fourth-order valence-corrected chi connectivity index (χ4v) is 2.39. The van der Waals surface area contributed by atoms with Gasteiger partial charge in [-0.25, -0.2) is 0 Å². The van der Waals surface area contributed by atoms with E-state index < -0.39 is 66.6 Å².